The van der Waals surface area contributed by atoms with Gasteiger partial charge in [-0.3, -0.25) is 9.59 Å². The van der Waals surface area contributed by atoms with Crippen LogP contribution in [0, 0.1) is 11.8 Å². The number of hydrogen-bond acceptors (Lipinski definition) is 4. The van der Waals surface area contributed by atoms with E-state index in [4.69, 9.17) is 9.84 Å². The number of aliphatic carboxylic acids is 1. The smallest absolute Gasteiger partial charge is 0.407 e. The van der Waals surface area contributed by atoms with Crippen LogP contribution in [0.5, 0.6) is 0 Å². The highest BCUT2D eigenvalue weighted by Crippen LogP contribution is 2.44. The van der Waals surface area contributed by atoms with Crippen molar-refractivity contribution in [1.82, 2.24) is 10.2 Å². The molecule has 7 heteroatoms. The first kappa shape index (κ1) is 22.8. The Morgan fingerprint density at radius 3 is 2.24 bits per heavy atom. The second-order valence-electron chi connectivity index (χ2n) is 9.01. The van der Waals surface area contributed by atoms with Gasteiger partial charge in [0, 0.05) is 19.0 Å². The topological polar surface area (TPSA) is 95.9 Å². The van der Waals surface area contributed by atoms with Crippen molar-refractivity contribution < 1.29 is 24.2 Å². The minimum Gasteiger partial charge on any atom is -0.481 e. The summed E-state index contributed by atoms with van der Waals surface area (Å²) in [4.78, 5) is 38.3. The molecule has 0 bridgehead atoms. The zero-order chi connectivity index (χ0) is 23.5. The van der Waals surface area contributed by atoms with E-state index in [0.717, 1.165) is 22.3 Å². The first-order valence-corrected chi connectivity index (χ1v) is 11.5. The number of likely N-dealkylation sites (tertiary alicyclic amines) is 1. The maximum atomic E-state index is 13.0. The Bertz CT molecular complexity index is 1010. The number of nitrogens with one attached hydrogen (secondary N) is 1. The molecule has 2 amide bonds. The molecule has 4 rings (SSSR count). The predicted octanol–water partition coefficient (Wildman–Crippen LogP) is 3.87. The third kappa shape index (κ3) is 4.72. The van der Waals surface area contributed by atoms with E-state index in [1.807, 2.05) is 38.1 Å². The van der Waals surface area contributed by atoms with Crippen molar-refractivity contribution in [2.75, 3.05) is 19.7 Å². The molecule has 0 spiro atoms. The Morgan fingerprint density at radius 1 is 1.06 bits per heavy atom. The lowest BCUT2D eigenvalue weighted by Gasteiger charge is -2.24. The Hall–Kier alpha value is -3.35. The molecule has 1 aliphatic carbocycles. The van der Waals surface area contributed by atoms with Gasteiger partial charge in [0.1, 0.15) is 12.6 Å². The molecule has 2 aromatic rings. The highest BCUT2D eigenvalue weighted by molar-refractivity contribution is 5.86. The predicted molar refractivity (Wildman–Crippen MR) is 124 cm³/mol. The Labute approximate surface area is 193 Å². The molecule has 1 fully saturated rings. The lowest BCUT2D eigenvalue weighted by atomic mass is 9.95. The van der Waals surface area contributed by atoms with E-state index in [2.05, 4.69) is 29.6 Å². The SMILES string of the molecule is CCC(NC(=O)OCC1c2ccccc2-c2ccccc21)C(=O)N1C[C@@H](CC(=O)O)[C@H](C)C1. The maximum Gasteiger partial charge on any atom is 0.407 e. The van der Waals surface area contributed by atoms with E-state index in [1.165, 1.54) is 0 Å². The van der Waals surface area contributed by atoms with Crippen molar-refractivity contribution in [3.63, 3.8) is 0 Å². The molecule has 33 heavy (non-hydrogen) atoms. The number of amides is 2. The molecule has 2 aromatic carbocycles. The van der Waals surface area contributed by atoms with Crippen LogP contribution in [0.3, 0.4) is 0 Å². The van der Waals surface area contributed by atoms with Gasteiger partial charge in [-0.15, -0.1) is 0 Å². The van der Waals surface area contributed by atoms with Gasteiger partial charge in [-0.05, 0) is 40.5 Å². The molecule has 0 aromatic heterocycles. The number of carbonyl (C=O) groups excluding carboxylic acids is 2. The van der Waals surface area contributed by atoms with Crippen LogP contribution in [-0.4, -0.2) is 53.7 Å². The summed E-state index contributed by atoms with van der Waals surface area (Å²) >= 11 is 0. The van der Waals surface area contributed by atoms with Crippen LogP contribution in [0.1, 0.15) is 43.7 Å². The van der Waals surface area contributed by atoms with Crippen molar-refractivity contribution in [2.45, 2.75) is 38.6 Å². The number of nitrogens with zero attached hydrogens (tertiary/aromatic N) is 1. The van der Waals surface area contributed by atoms with Crippen LogP contribution >= 0.6 is 0 Å². The molecular formula is C26H30N2O5. The number of benzene rings is 2. The number of hydrogen-bond donors (Lipinski definition) is 2. The summed E-state index contributed by atoms with van der Waals surface area (Å²) in [5, 5.41) is 11.8. The van der Waals surface area contributed by atoms with Gasteiger partial charge < -0.3 is 20.1 Å². The number of ether oxygens (including phenoxy) is 1. The lowest BCUT2D eigenvalue weighted by Crippen LogP contribution is -2.48. The number of carboxylic acid groups (broad SMARTS) is 1. The number of rotatable bonds is 7. The van der Waals surface area contributed by atoms with Crippen molar-refractivity contribution >= 4 is 18.0 Å². The zero-order valence-corrected chi connectivity index (χ0v) is 19.0. The number of carbonyl (C=O) groups is 3. The highest BCUT2D eigenvalue weighted by Gasteiger charge is 2.36. The van der Waals surface area contributed by atoms with Crippen LogP contribution in [0.25, 0.3) is 11.1 Å². The van der Waals surface area contributed by atoms with Crippen molar-refractivity contribution in [2.24, 2.45) is 11.8 Å². The second kappa shape index (κ2) is 9.65. The molecule has 1 aliphatic heterocycles. The average molecular weight is 451 g/mol. The van der Waals surface area contributed by atoms with Gasteiger partial charge >= 0.3 is 12.1 Å². The largest absolute Gasteiger partial charge is 0.481 e. The molecule has 2 N–H and O–H groups in total. The Balaban J connectivity index is 1.37. The minimum absolute atomic E-state index is 0.0432. The van der Waals surface area contributed by atoms with E-state index in [0.29, 0.717) is 19.5 Å². The van der Waals surface area contributed by atoms with Gasteiger partial charge in [-0.25, -0.2) is 4.79 Å². The molecule has 1 saturated heterocycles. The van der Waals surface area contributed by atoms with Crippen molar-refractivity contribution in [3.8, 4) is 11.1 Å². The molecule has 2 aliphatic rings. The molecule has 0 radical (unpaired) electrons. The van der Waals surface area contributed by atoms with E-state index in [9.17, 15) is 14.4 Å². The van der Waals surface area contributed by atoms with E-state index in [-0.39, 0.29) is 36.7 Å². The van der Waals surface area contributed by atoms with Crippen LogP contribution in [0.15, 0.2) is 48.5 Å². The number of alkyl carbamates (subject to hydrolysis) is 1. The summed E-state index contributed by atoms with van der Waals surface area (Å²) < 4.78 is 5.58. The van der Waals surface area contributed by atoms with Crippen LogP contribution in [0.4, 0.5) is 4.79 Å². The molecule has 1 unspecified atom stereocenters. The first-order chi connectivity index (χ1) is 15.9. The van der Waals surface area contributed by atoms with E-state index < -0.39 is 18.1 Å². The fraction of sp³-hybridized carbons (Fsp3) is 0.423. The van der Waals surface area contributed by atoms with E-state index in [1.54, 1.807) is 4.90 Å². The van der Waals surface area contributed by atoms with Crippen molar-refractivity contribution in [3.05, 3.63) is 59.7 Å². The summed E-state index contributed by atoms with van der Waals surface area (Å²) in [6.45, 7) is 4.88. The second-order valence-corrected chi connectivity index (χ2v) is 9.01. The van der Waals surface area contributed by atoms with Gasteiger partial charge in [-0.2, -0.15) is 0 Å². The molecule has 174 valence electrons. The molecule has 7 nitrogen and oxygen atoms in total. The Kier molecular flexibility index (Phi) is 6.67. The molecule has 1 heterocycles. The molecule has 0 saturated carbocycles. The number of fused-ring (bicyclic) bond motifs is 3. The molecular weight excluding hydrogens is 420 g/mol. The normalized spacial score (nSPS) is 20.1. The fourth-order valence-electron chi connectivity index (χ4n) is 5.05. The van der Waals surface area contributed by atoms with Crippen LogP contribution < -0.4 is 5.32 Å². The van der Waals surface area contributed by atoms with E-state index >= 15 is 0 Å². The van der Waals surface area contributed by atoms with Gasteiger partial charge in [0.15, 0.2) is 0 Å². The third-order valence-corrected chi connectivity index (χ3v) is 6.86. The maximum absolute atomic E-state index is 13.0. The lowest BCUT2D eigenvalue weighted by molar-refractivity contribution is -0.138. The summed E-state index contributed by atoms with van der Waals surface area (Å²) in [5.74, 6) is -1.05. The van der Waals surface area contributed by atoms with Gasteiger partial charge in [0.2, 0.25) is 5.91 Å². The van der Waals surface area contributed by atoms with Gasteiger partial charge in [0.25, 0.3) is 0 Å². The fourth-order valence-corrected chi connectivity index (χ4v) is 5.05. The highest BCUT2D eigenvalue weighted by atomic mass is 16.5. The molecule has 3 atom stereocenters. The van der Waals surface area contributed by atoms with Crippen LogP contribution in [0.2, 0.25) is 0 Å². The Morgan fingerprint density at radius 2 is 1.67 bits per heavy atom. The van der Waals surface area contributed by atoms with Gasteiger partial charge in [-0.1, -0.05) is 62.4 Å². The third-order valence-electron chi connectivity index (χ3n) is 6.86. The standard InChI is InChI=1S/C26H30N2O5/c1-3-23(25(31)28-13-16(2)17(14-28)12-24(29)30)27-26(32)33-15-22-20-10-6-4-8-18(20)19-9-5-7-11-21(19)22/h4-11,16-17,22-23H,3,12-15H2,1-2H3,(H,27,32)(H,29,30)/t16-,17-,23?/m1/s1. The van der Waals surface area contributed by atoms with Crippen LogP contribution in [-0.2, 0) is 14.3 Å². The monoisotopic (exact) mass is 450 g/mol. The number of carboxylic acids is 1. The van der Waals surface area contributed by atoms with Gasteiger partial charge in [0.05, 0.1) is 6.42 Å². The quantitative estimate of drug-likeness (QED) is 0.668. The average Bonchev–Trinajstić information content (AvgIpc) is 3.33. The summed E-state index contributed by atoms with van der Waals surface area (Å²) in [6, 6.07) is 15.5. The summed E-state index contributed by atoms with van der Waals surface area (Å²) in [5.41, 5.74) is 4.57. The first-order valence-electron chi connectivity index (χ1n) is 11.5. The summed E-state index contributed by atoms with van der Waals surface area (Å²) in [7, 11) is 0. The summed E-state index contributed by atoms with van der Waals surface area (Å²) in [6.07, 6.45) is -0.148. The minimum atomic E-state index is -0.857. The zero-order valence-electron chi connectivity index (χ0n) is 19.0. The van der Waals surface area contributed by atoms with Crippen molar-refractivity contribution in [1.29, 1.82) is 0 Å².